The van der Waals surface area contributed by atoms with Gasteiger partial charge in [-0.05, 0) is 133 Å². The minimum atomic E-state index is -0.902. The van der Waals surface area contributed by atoms with Gasteiger partial charge in [-0.1, -0.05) is 48.5 Å². The van der Waals surface area contributed by atoms with E-state index in [4.69, 9.17) is 4.74 Å². The van der Waals surface area contributed by atoms with Crippen molar-refractivity contribution in [1.29, 1.82) is 0 Å². The van der Waals surface area contributed by atoms with Crippen molar-refractivity contribution in [2.45, 2.75) is 50.4 Å². The Hall–Kier alpha value is -6.80. The van der Waals surface area contributed by atoms with E-state index in [-0.39, 0.29) is 5.97 Å². The summed E-state index contributed by atoms with van der Waals surface area (Å²) in [7, 11) is 1.42. The highest BCUT2D eigenvalue weighted by molar-refractivity contribution is 5.91. The molecule has 0 radical (unpaired) electrons. The van der Waals surface area contributed by atoms with Gasteiger partial charge in [-0.25, -0.2) is 9.59 Å². The van der Waals surface area contributed by atoms with Gasteiger partial charge in [0.05, 0.1) is 40.7 Å². The van der Waals surface area contributed by atoms with Crippen molar-refractivity contribution in [2.75, 3.05) is 7.11 Å². The van der Waals surface area contributed by atoms with Crippen molar-refractivity contribution in [2.24, 2.45) is 0 Å². The number of methoxy groups -OCH3 is 1. The molecule has 4 aromatic heterocycles. The number of benzene rings is 4. The molecule has 0 unspecified atom stereocenters. The Kier molecular flexibility index (Phi) is 9.68. The molecule has 0 atom stereocenters. The van der Waals surface area contributed by atoms with Gasteiger partial charge in [0.15, 0.2) is 0 Å². The Labute approximate surface area is 331 Å². The van der Waals surface area contributed by atoms with Crippen LogP contribution < -0.4 is 0 Å². The van der Waals surface area contributed by atoms with Crippen LogP contribution in [0.1, 0.15) is 91.9 Å². The monoisotopic (exact) mass is 750 g/mol. The maximum atomic E-state index is 12.3. The first-order valence-corrected chi connectivity index (χ1v) is 19.5. The zero-order valence-electron chi connectivity index (χ0n) is 31.7. The summed E-state index contributed by atoms with van der Waals surface area (Å²) in [5, 5.41) is 11.9. The van der Waals surface area contributed by atoms with Gasteiger partial charge in [0.1, 0.15) is 0 Å². The number of aromatic nitrogens is 4. The fourth-order valence-electron chi connectivity index (χ4n) is 7.67. The lowest BCUT2D eigenvalue weighted by atomic mass is 10.0. The third-order valence-electron chi connectivity index (χ3n) is 11.0. The minimum absolute atomic E-state index is 0.314. The molecule has 4 heterocycles. The predicted molar refractivity (Wildman–Crippen MR) is 223 cm³/mol. The van der Waals surface area contributed by atoms with Gasteiger partial charge in [-0.15, -0.1) is 0 Å². The number of aromatic carboxylic acids is 1. The number of fused-ring (bicyclic) bond motifs is 2. The van der Waals surface area contributed by atoms with Gasteiger partial charge in [0.25, 0.3) is 0 Å². The molecule has 57 heavy (non-hydrogen) atoms. The third kappa shape index (κ3) is 7.71. The van der Waals surface area contributed by atoms with E-state index in [0.29, 0.717) is 41.5 Å². The second-order valence-corrected chi connectivity index (χ2v) is 15.1. The number of carbonyl (C=O) groups excluding carboxylic acids is 1. The maximum Gasteiger partial charge on any atom is 0.339 e. The molecule has 0 amide bonds. The van der Waals surface area contributed by atoms with E-state index in [1.165, 1.54) is 25.3 Å². The number of hydrogen-bond donors (Lipinski definition) is 1. The molecule has 282 valence electrons. The van der Waals surface area contributed by atoms with Crippen LogP contribution in [0.5, 0.6) is 0 Å². The minimum Gasteiger partial charge on any atom is -0.478 e. The van der Waals surface area contributed by atoms with Gasteiger partial charge in [-0.2, -0.15) is 0 Å². The Morgan fingerprint density at radius 3 is 1.51 bits per heavy atom. The summed E-state index contributed by atoms with van der Waals surface area (Å²) < 4.78 is 9.35. The number of esters is 1. The van der Waals surface area contributed by atoms with E-state index in [0.717, 1.165) is 68.6 Å². The molecule has 8 heteroatoms. The Morgan fingerprint density at radius 1 is 0.614 bits per heavy atom. The van der Waals surface area contributed by atoms with Crippen LogP contribution in [-0.2, 0) is 17.6 Å². The standard InChI is InChI=1S/C25H22N2O2.C24H20N2O2/c1-29-25(28)22-15-20(18-8-9-18)16-26-23(22)14-17-7-10-24-19(13-17)11-12-27(24)21-5-3-2-4-6-21;27-24(28)21-14-19(17-7-8-17)15-25-22(21)13-16-6-9-23-18(12-16)10-11-26(23)20-4-2-1-3-5-20/h2-7,10-13,15-16,18H,8-9,14H2,1H3;1-6,9-12,14-15,17H,7-8,13H2,(H,27,28). The topological polar surface area (TPSA) is 99.2 Å². The van der Waals surface area contributed by atoms with Crippen molar-refractivity contribution in [3.8, 4) is 11.4 Å². The van der Waals surface area contributed by atoms with E-state index in [9.17, 15) is 14.7 Å². The number of carboxylic acid groups (broad SMARTS) is 1. The molecule has 0 spiro atoms. The van der Waals surface area contributed by atoms with Crippen LogP contribution in [-0.4, -0.2) is 43.3 Å². The van der Waals surface area contributed by atoms with Gasteiger partial charge in [0, 0.05) is 59.8 Å². The number of hydrogen-bond acceptors (Lipinski definition) is 5. The summed E-state index contributed by atoms with van der Waals surface area (Å²) in [5.41, 5.74) is 11.2. The normalized spacial score (nSPS) is 13.6. The zero-order chi connectivity index (χ0) is 38.9. The molecule has 1 N–H and O–H groups in total. The lowest BCUT2D eigenvalue weighted by molar-refractivity contribution is 0.0598. The van der Waals surface area contributed by atoms with Crippen LogP contribution in [0.3, 0.4) is 0 Å². The highest BCUT2D eigenvalue weighted by Crippen LogP contribution is 2.41. The van der Waals surface area contributed by atoms with Crippen molar-refractivity contribution >= 4 is 33.7 Å². The Balaban J connectivity index is 0.000000148. The van der Waals surface area contributed by atoms with Gasteiger partial charge >= 0.3 is 11.9 Å². The van der Waals surface area contributed by atoms with E-state index in [2.05, 4.69) is 104 Å². The quantitative estimate of drug-likeness (QED) is 0.140. The van der Waals surface area contributed by atoms with Gasteiger partial charge in [0.2, 0.25) is 0 Å². The van der Waals surface area contributed by atoms with Crippen molar-refractivity contribution < 1.29 is 19.4 Å². The number of rotatable bonds is 10. The van der Waals surface area contributed by atoms with E-state index < -0.39 is 5.97 Å². The van der Waals surface area contributed by atoms with Crippen LogP contribution >= 0.6 is 0 Å². The highest BCUT2D eigenvalue weighted by atomic mass is 16.5. The summed E-state index contributed by atoms with van der Waals surface area (Å²) in [6.45, 7) is 0. The van der Waals surface area contributed by atoms with Crippen molar-refractivity contribution in [3.63, 3.8) is 0 Å². The molecule has 0 aliphatic heterocycles. The molecule has 10 rings (SSSR count). The fraction of sp³-hybridized carbons (Fsp3) is 0.184. The summed E-state index contributed by atoms with van der Waals surface area (Å²) in [5.74, 6) is -0.171. The highest BCUT2D eigenvalue weighted by Gasteiger charge is 2.27. The van der Waals surface area contributed by atoms with E-state index in [1.807, 2.05) is 60.9 Å². The van der Waals surface area contributed by atoms with E-state index in [1.54, 1.807) is 0 Å². The van der Waals surface area contributed by atoms with Crippen LogP contribution in [0.4, 0.5) is 0 Å². The molecule has 8 aromatic rings. The number of pyridine rings is 2. The SMILES string of the molecule is COC(=O)c1cc(C2CC2)cnc1Cc1ccc2c(ccn2-c2ccccc2)c1.O=C(O)c1cc(C2CC2)cnc1Cc1ccc2c(ccn2-c2ccccc2)c1. The van der Waals surface area contributed by atoms with Crippen molar-refractivity contribution in [3.05, 3.63) is 191 Å². The molecular formula is C49H42N4O4. The van der Waals surface area contributed by atoms with Gasteiger partial charge < -0.3 is 19.0 Å². The first kappa shape index (κ1) is 35.9. The molecule has 2 saturated carbocycles. The lowest BCUT2D eigenvalue weighted by Gasteiger charge is -2.10. The largest absolute Gasteiger partial charge is 0.478 e. The smallest absolute Gasteiger partial charge is 0.339 e. The van der Waals surface area contributed by atoms with Crippen molar-refractivity contribution in [1.82, 2.24) is 19.1 Å². The number of ether oxygens (including phenoxy) is 1. The maximum absolute atomic E-state index is 12.3. The molecule has 4 aromatic carbocycles. The van der Waals surface area contributed by atoms with Crippen LogP contribution in [0.15, 0.2) is 146 Å². The fourth-order valence-corrected chi connectivity index (χ4v) is 7.67. The van der Waals surface area contributed by atoms with Crippen LogP contribution in [0, 0.1) is 0 Å². The first-order valence-electron chi connectivity index (χ1n) is 19.5. The third-order valence-corrected chi connectivity index (χ3v) is 11.0. The number of para-hydroxylation sites is 2. The van der Waals surface area contributed by atoms with Crippen LogP contribution in [0.2, 0.25) is 0 Å². The second-order valence-electron chi connectivity index (χ2n) is 15.1. The molecule has 0 bridgehead atoms. The lowest BCUT2D eigenvalue weighted by Crippen LogP contribution is -2.09. The summed E-state index contributed by atoms with van der Waals surface area (Å²) in [6, 6.07) is 41.2. The molecule has 8 nitrogen and oxygen atoms in total. The molecular weight excluding hydrogens is 709 g/mol. The molecule has 2 fully saturated rings. The molecule has 0 saturated heterocycles. The zero-order valence-corrected chi connectivity index (χ0v) is 31.7. The molecule has 2 aliphatic rings. The average Bonchev–Trinajstić information content (AvgIpc) is 4.19. The molecule has 2 aliphatic carbocycles. The number of nitrogens with zero attached hydrogens (tertiary/aromatic N) is 4. The van der Waals surface area contributed by atoms with Gasteiger partial charge in [-0.3, -0.25) is 9.97 Å². The summed E-state index contributed by atoms with van der Waals surface area (Å²) in [4.78, 5) is 33.2. The Bertz CT molecular complexity index is 2740. The first-order chi connectivity index (χ1) is 27.9. The predicted octanol–water partition coefficient (Wildman–Crippen LogP) is 10.5. The number of carbonyl (C=O) groups is 2. The number of carboxylic acids is 1. The van der Waals surface area contributed by atoms with E-state index >= 15 is 0 Å². The van der Waals surface area contributed by atoms with Crippen LogP contribution in [0.25, 0.3) is 33.2 Å². The summed E-state index contributed by atoms with van der Waals surface area (Å²) >= 11 is 0. The Morgan fingerprint density at radius 2 is 1.07 bits per heavy atom. The second kappa shape index (κ2) is 15.4. The average molecular weight is 751 g/mol. The summed E-state index contributed by atoms with van der Waals surface area (Å²) in [6.07, 6.45) is 13.7.